The third-order valence-corrected chi connectivity index (χ3v) is 3.88. The first-order chi connectivity index (χ1) is 10.3. The van der Waals surface area contributed by atoms with Crippen molar-refractivity contribution in [3.8, 4) is 0 Å². The third kappa shape index (κ3) is 4.38. The lowest BCUT2D eigenvalue weighted by atomic mass is 9.89. The van der Waals surface area contributed by atoms with E-state index in [1.165, 1.54) is 0 Å². The highest BCUT2D eigenvalue weighted by Crippen LogP contribution is 2.34. The van der Waals surface area contributed by atoms with Gasteiger partial charge in [0.05, 0.1) is 12.7 Å². The third-order valence-electron chi connectivity index (χ3n) is 3.35. The molecule has 21 heavy (non-hydrogen) atoms. The summed E-state index contributed by atoms with van der Waals surface area (Å²) in [4.78, 5) is 0. The Labute approximate surface area is 133 Å². The van der Waals surface area contributed by atoms with Crippen molar-refractivity contribution in [2.45, 2.75) is 12.0 Å². The summed E-state index contributed by atoms with van der Waals surface area (Å²) in [6.07, 6.45) is -0.252. The van der Waals surface area contributed by atoms with Crippen molar-refractivity contribution in [3.05, 3.63) is 70.2 Å². The van der Waals surface area contributed by atoms with Gasteiger partial charge in [0.15, 0.2) is 0 Å². The number of rotatable bonds is 7. The van der Waals surface area contributed by atoms with Crippen LogP contribution >= 0.6 is 15.9 Å². The Morgan fingerprint density at radius 1 is 1.00 bits per heavy atom. The molecule has 0 radical (unpaired) electrons. The zero-order valence-corrected chi connectivity index (χ0v) is 13.5. The first-order valence-electron chi connectivity index (χ1n) is 6.78. The molecule has 0 spiro atoms. The first-order valence-corrected chi connectivity index (χ1v) is 7.57. The molecular weight excluding hydrogens is 332 g/mol. The van der Waals surface area contributed by atoms with Crippen LogP contribution in [0, 0.1) is 0 Å². The summed E-state index contributed by atoms with van der Waals surface area (Å²) < 4.78 is 11.9. The average molecular weight is 351 g/mol. The van der Waals surface area contributed by atoms with Gasteiger partial charge in [-0.3, -0.25) is 0 Å². The van der Waals surface area contributed by atoms with Crippen molar-refractivity contribution in [2.75, 3.05) is 20.5 Å². The van der Waals surface area contributed by atoms with Crippen LogP contribution < -0.4 is 0 Å². The van der Waals surface area contributed by atoms with Crippen LogP contribution in [0.15, 0.2) is 59.1 Å². The van der Waals surface area contributed by atoms with E-state index in [0.717, 1.165) is 15.6 Å². The SMILES string of the molecule is COCO[C@@H](c1ccccc1)[C@@H](CO)c1ccc(Br)cc1. The highest BCUT2D eigenvalue weighted by molar-refractivity contribution is 9.10. The largest absolute Gasteiger partial charge is 0.396 e. The fourth-order valence-electron chi connectivity index (χ4n) is 2.31. The second-order valence-corrected chi connectivity index (χ2v) is 5.66. The molecule has 0 saturated carbocycles. The van der Waals surface area contributed by atoms with Gasteiger partial charge in [-0.1, -0.05) is 58.4 Å². The lowest BCUT2D eigenvalue weighted by Crippen LogP contribution is -2.19. The molecule has 0 unspecified atom stereocenters. The van der Waals surface area contributed by atoms with Gasteiger partial charge in [0.2, 0.25) is 0 Å². The highest BCUT2D eigenvalue weighted by atomic mass is 79.9. The monoisotopic (exact) mass is 350 g/mol. The molecule has 0 aliphatic rings. The van der Waals surface area contributed by atoms with Crippen molar-refractivity contribution in [1.29, 1.82) is 0 Å². The van der Waals surface area contributed by atoms with Crippen molar-refractivity contribution < 1.29 is 14.6 Å². The number of aliphatic hydroxyl groups excluding tert-OH is 1. The molecule has 0 aliphatic heterocycles. The van der Waals surface area contributed by atoms with E-state index in [-0.39, 0.29) is 25.4 Å². The maximum absolute atomic E-state index is 9.85. The zero-order chi connectivity index (χ0) is 15.1. The molecule has 0 bridgehead atoms. The number of methoxy groups -OCH3 is 1. The number of hydrogen-bond acceptors (Lipinski definition) is 3. The number of aliphatic hydroxyl groups is 1. The van der Waals surface area contributed by atoms with Gasteiger partial charge in [-0.2, -0.15) is 0 Å². The Hall–Kier alpha value is -1.20. The van der Waals surface area contributed by atoms with Gasteiger partial charge in [-0.05, 0) is 23.3 Å². The maximum atomic E-state index is 9.85. The van der Waals surface area contributed by atoms with Crippen LogP contribution in [0.25, 0.3) is 0 Å². The minimum absolute atomic E-state index is 0.00487. The average Bonchev–Trinajstić information content (AvgIpc) is 2.53. The van der Waals surface area contributed by atoms with Crippen LogP contribution in [0.3, 0.4) is 0 Å². The molecule has 0 amide bonds. The fourth-order valence-corrected chi connectivity index (χ4v) is 2.58. The van der Waals surface area contributed by atoms with Crippen LogP contribution in [0.2, 0.25) is 0 Å². The van der Waals surface area contributed by atoms with Crippen molar-refractivity contribution in [3.63, 3.8) is 0 Å². The molecule has 2 rings (SSSR count). The second-order valence-electron chi connectivity index (χ2n) is 4.75. The molecule has 112 valence electrons. The predicted molar refractivity (Wildman–Crippen MR) is 86.1 cm³/mol. The summed E-state index contributed by atoms with van der Waals surface area (Å²) in [5.41, 5.74) is 2.06. The van der Waals surface area contributed by atoms with Crippen molar-refractivity contribution >= 4 is 15.9 Å². The Morgan fingerprint density at radius 2 is 1.67 bits per heavy atom. The second kappa shape index (κ2) is 8.29. The Morgan fingerprint density at radius 3 is 2.24 bits per heavy atom. The first kappa shape index (κ1) is 16.2. The minimum atomic E-state index is -0.252. The van der Waals surface area contributed by atoms with E-state index < -0.39 is 0 Å². The lowest BCUT2D eigenvalue weighted by Gasteiger charge is -2.26. The molecule has 0 aliphatic carbocycles. The van der Waals surface area contributed by atoms with Gasteiger partial charge in [-0.25, -0.2) is 0 Å². The Balaban J connectivity index is 2.30. The van der Waals surface area contributed by atoms with Gasteiger partial charge < -0.3 is 14.6 Å². The van der Waals surface area contributed by atoms with Gasteiger partial charge in [0.1, 0.15) is 6.79 Å². The number of halogens is 1. The van der Waals surface area contributed by atoms with E-state index in [0.29, 0.717) is 0 Å². The molecule has 0 fully saturated rings. The molecule has 0 aromatic heterocycles. The Bertz CT molecular complexity index is 527. The van der Waals surface area contributed by atoms with Crippen LogP contribution in [0.4, 0.5) is 0 Å². The Kier molecular flexibility index (Phi) is 6.39. The summed E-state index contributed by atoms with van der Waals surface area (Å²) in [6, 6.07) is 17.8. The normalized spacial score (nSPS) is 13.9. The smallest absolute Gasteiger partial charge is 0.147 e. The molecule has 0 heterocycles. The van der Waals surface area contributed by atoms with Crippen LogP contribution in [0.5, 0.6) is 0 Å². The molecule has 4 heteroatoms. The van der Waals surface area contributed by atoms with Gasteiger partial charge in [-0.15, -0.1) is 0 Å². The zero-order valence-electron chi connectivity index (χ0n) is 11.9. The number of hydrogen-bond donors (Lipinski definition) is 1. The summed E-state index contributed by atoms with van der Waals surface area (Å²) in [5.74, 6) is -0.143. The fraction of sp³-hybridized carbons (Fsp3) is 0.294. The molecule has 2 aromatic carbocycles. The van der Waals surface area contributed by atoms with Crippen LogP contribution in [-0.4, -0.2) is 25.6 Å². The minimum Gasteiger partial charge on any atom is -0.396 e. The highest BCUT2D eigenvalue weighted by Gasteiger charge is 2.25. The van der Waals surface area contributed by atoms with Gasteiger partial charge >= 0.3 is 0 Å². The summed E-state index contributed by atoms with van der Waals surface area (Å²) in [6.45, 7) is 0.192. The molecule has 0 saturated heterocycles. The van der Waals surface area contributed by atoms with Gasteiger partial charge in [0.25, 0.3) is 0 Å². The summed E-state index contributed by atoms with van der Waals surface area (Å²) in [7, 11) is 1.59. The summed E-state index contributed by atoms with van der Waals surface area (Å²) >= 11 is 3.43. The van der Waals surface area contributed by atoms with E-state index >= 15 is 0 Å². The van der Waals surface area contributed by atoms with Crippen molar-refractivity contribution in [1.82, 2.24) is 0 Å². The van der Waals surface area contributed by atoms with E-state index in [2.05, 4.69) is 15.9 Å². The van der Waals surface area contributed by atoms with Crippen molar-refractivity contribution in [2.24, 2.45) is 0 Å². The molecule has 2 aromatic rings. The number of benzene rings is 2. The topological polar surface area (TPSA) is 38.7 Å². The van der Waals surface area contributed by atoms with Gasteiger partial charge in [0, 0.05) is 17.5 Å². The standard InChI is InChI=1S/C17H19BrO3/c1-20-12-21-17(14-5-3-2-4-6-14)16(11-19)13-7-9-15(18)10-8-13/h2-10,16-17,19H,11-12H2,1H3/t16-,17-/m0/s1. The maximum Gasteiger partial charge on any atom is 0.147 e. The number of ether oxygens (including phenoxy) is 2. The molecule has 2 atom stereocenters. The van der Waals surface area contributed by atoms with E-state index in [1.807, 2.05) is 54.6 Å². The van der Waals surface area contributed by atoms with E-state index in [9.17, 15) is 5.11 Å². The predicted octanol–water partition coefficient (Wildman–Crippen LogP) is 3.89. The van der Waals surface area contributed by atoms with Crippen LogP contribution in [-0.2, 0) is 9.47 Å². The van der Waals surface area contributed by atoms with Crippen LogP contribution in [0.1, 0.15) is 23.1 Å². The van der Waals surface area contributed by atoms with E-state index in [4.69, 9.17) is 9.47 Å². The van der Waals surface area contributed by atoms with E-state index in [1.54, 1.807) is 7.11 Å². The lowest BCUT2D eigenvalue weighted by molar-refractivity contribution is -0.0872. The molecule has 3 nitrogen and oxygen atoms in total. The summed E-state index contributed by atoms with van der Waals surface area (Å²) in [5, 5.41) is 9.85. The molecular formula is C17H19BrO3. The molecule has 1 N–H and O–H groups in total. The quantitative estimate of drug-likeness (QED) is 0.770.